The molecule has 0 fully saturated rings. The monoisotopic (exact) mass is 412 g/mol. The summed E-state index contributed by atoms with van der Waals surface area (Å²) in [5, 5.41) is 11.7. The maximum atomic E-state index is 12.3. The molecule has 128 valence electrons. The standard InChI is InChI=1S/C16H17BrN2O4S/c1-11(20)10-18-16(21)12-3-2-4-14(9-12)19-24(22,23)15-7-5-13(17)6-8-15/h2-9,11,19-20H,10H2,1H3,(H,18,21). The normalized spacial score (nSPS) is 12.5. The molecule has 2 aromatic carbocycles. The summed E-state index contributed by atoms with van der Waals surface area (Å²) in [6.45, 7) is 1.68. The molecule has 0 aliphatic carbocycles. The molecule has 2 rings (SSSR count). The summed E-state index contributed by atoms with van der Waals surface area (Å²) in [4.78, 5) is 12.1. The molecule has 0 aliphatic heterocycles. The summed E-state index contributed by atoms with van der Waals surface area (Å²) < 4.78 is 27.9. The summed E-state index contributed by atoms with van der Waals surface area (Å²) in [5.74, 6) is -0.388. The average molecular weight is 413 g/mol. The molecule has 1 unspecified atom stereocenters. The minimum absolute atomic E-state index is 0.119. The van der Waals surface area contributed by atoms with Gasteiger partial charge in [0.25, 0.3) is 15.9 Å². The highest BCUT2D eigenvalue weighted by atomic mass is 79.9. The Morgan fingerprint density at radius 2 is 1.88 bits per heavy atom. The highest BCUT2D eigenvalue weighted by Gasteiger charge is 2.15. The zero-order valence-corrected chi connectivity index (χ0v) is 15.3. The summed E-state index contributed by atoms with van der Waals surface area (Å²) in [6, 6.07) is 12.4. The highest BCUT2D eigenvalue weighted by Crippen LogP contribution is 2.19. The number of rotatable bonds is 6. The van der Waals surface area contributed by atoms with Crippen molar-refractivity contribution in [3.8, 4) is 0 Å². The fraction of sp³-hybridized carbons (Fsp3) is 0.188. The largest absolute Gasteiger partial charge is 0.392 e. The van der Waals surface area contributed by atoms with Gasteiger partial charge in [0.15, 0.2) is 0 Å². The van der Waals surface area contributed by atoms with Crippen LogP contribution in [-0.2, 0) is 10.0 Å². The molecule has 24 heavy (non-hydrogen) atoms. The first-order chi connectivity index (χ1) is 11.3. The zero-order chi connectivity index (χ0) is 17.7. The van der Waals surface area contributed by atoms with Gasteiger partial charge in [-0.3, -0.25) is 9.52 Å². The molecule has 0 bridgehead atoms. The molecule has 0 heterocycles. The van der Waals surface area contributed by atoms with Crippen LogP contribution in [0, 0.1) is 0 Å². The van der Waals surface area contributed by atoms with E-state index >= 15 is 0 Å². The number of aliphatic hydroxyl groups excluding tert-OH is 1. The number of carbonyl (C=O) groups is 1. The van der Waals surface area contributed by atoms with Crippen molar-refractivity contribution in [2.45, 2.75) is 17.9 Å². The molecule has 1 amide bonds. The highest BCUT2D eigenvalue weighted by molar-refractivity contribution is 9.10. The Bertz CT molecular complexity index is 820. The van der Waals surface area contributed by atoms with E-state index in [1.54, 1.807) is 37.3 Å². The Kier molecular flexibility index (Phi) is 5.98. The number of sulfonamides is 1. The number of aliphatic hydroxyl groups is 1. The molecule has 0 aromatic heterocycles. The van der Waals surface area contributed by atoms with Gasteiger partial charge in [-0.1, -0.05) is 22.0 Å². The number of carbonyl (C=O) groups excluding carboxylic acids is 1. The summed E-state index contributed by atoms with van der Waals surface area (Å²) in [6.07, 6.45) is -0.659. The first-order valence-corrected chi connectivity index (χ1v) is 9.40. The third-order valence-corrected chi connectivity index (χ3v) is 4.98. The van der Waals surface area contributed by atoms with Gasteiger partial charge in [0.2, 0.25) is 0 Å². The number of amides is 1. The van der Waals surface area contributed by atoms with Crippen LogP contribution >= 0.6 is 15.9 Å². The van der Waals surface area contributed by atoms with Crippen LogP contribution in [0.3, 0.4) is 0 Å². The second kappa shape index (κ2) is 7.78. The van der Waals surface area contributed by atoms with Gasteiger partial charge in [-0.05, 0) is 49.4 Å². The summed E-state index contributed by atoms with van der Waals surface area (Å²) in [7, 11) is -3.74. The maximum Gasteiger partial charge on any atom is 0.261 e. The van der Waals surface area contributed by atoms with Crippen molar-refractivity contribution < 1.29 is 18.3 Å². The lowest BCUT2D eigenvalue weighted by Crippen LogP contribution is -2.30. The van der Waals surface area contributed by atoms with Crippen LogP contribution in [0.5, 0.6) is 0 Å². The predicted molar refractivity (Wildman–Crippen MR) is 95.4 cm³/mol. The van der Waals surface area contributed by atoms with Gasteiger partial charge >= 0.3 is 0 Å². The molecule has 0 spiro atoms. The Labute approximate surface area is 149 Å². The van der Waals surface area contributed by atoms with E-state index in [1.165, 1.54) is 18.2 Å². The van der Waals surface area contributed by atoms with E-state index < -0.39 is 16.1 Å². The van der Waals surface area contributed by atoms with Crippen molar-refractivity contribution in [3.05, 3.63) is 58.6 Å². The minimum atomic E-state index is -3.74. The predicted octanol–water partition coefficient (Wildman–Crippen LogP) is 2.36. The number of hydrogen-bond acceptors (Lipinski definition) is 4. The molecule has 0 saturated heterocycles. The van der Waals surface area contributed by atoms with Crippen LogP contribution in [0.25, 0.3) is 0 Å². The van der Waals surface area contributed by atoms with Crippen molar-refractivity contribution in [3.63, 3.8) is 0 Å². The lowest BCUT2D eigenvalue weighted by molar-refractivity contribution is 0.0924. The summed E-state index contributed by atoms with van der Waals surface area (Å²) in [5.41, 5.74) is 0.578. The van der Waals surface area contributed by atoms with Crippen molar-refractivity contribution >= 4 is 37.5 Å². The number of anilines is 1. The average Bonchev–Trinajstić information content (AvgIpc) is 2.52. The molecule has 0 aliphatic rings. The Balaban J connectivity index is 2.16. The van der Waals surface area contributed by atoms with E-state index in [4.69, 9.17) is 0 Å². The number of nitrogens with one attached hydrogen (secondary N) is 2. The second-order valence-corrected chi connectivity index (χ2v) is 7.80. The van der Waals surface area contributed by atoms with Crippen molar-refractivity contribution in [2.75, 3.05) is 11.3 Å². The van der Waals surface area contributed by atoms with Crippen LogP contribution in [-0.4, -0.2) is 32.1 Å². The number of hydrogen-bond donors (Lipinski definition) is 3. The molecular weight excluding hydrogens is 396 g/mol. The van der Waals surface area contributed by atoms with Crippen molar-refractivity contribution in [1.82, 2.24) is 5.32 Å². The topological polar surface area (TPSA) is 95.5 Å². The molecule has 6 nitrogen and oxygen atoms in total. The van der Waals surface area contributed by atoms with Gasteiger partial charge in [0.1, 0.15) is 0 Å². The Morgan fingerprint density at radius 1 is 1.21 bits per heavy atom. The lowest BCUT2D eigenvalue weighted by atomic mass is 10.2. The van der Waals surface area contributed by atoms with Crippen molar-refractivity contribution in [1.29, 1.82) is 0 Å². The van der Waals surface area contributed by atoms with Gasteiger partial charge in [-0.15, -0.1) is 0 Å². The molecular formula is C16H17BrN2O4S. The minimum Gasteiger partial charge on any atom is -0.392 e. The Morgan fingerprint density at radius 3 is 2.50 bits per heavy atom. The van der Waals surface area contributed by atoms with Crippen LogP contribution in [0.4, 0.5) is 5.69 Å². The zero-order valence-electron chi connectivity index (χ0n) is 12.9. The molecule has 1 atom stereocenters. The van der Waals surface area contributed by atoms with Crippen LogP contribution in [0.2, 0.25) is 0 Å². The fourth-order valence-corrected chi connectivity index (χ4v) is 3.21. The molecule has 3 N–H and O–H groups in total. The second-order valence-electron chi connectivity index (χ2n) is 5.20. The first kappa shape index (κ1) is 18.4. The lowest BCUT2D eigenvalue weighted by Gasteiger charge is -2.10. The third kappa shape index (κ3) is 5.05. The molecule has 0 saturated carbocycles. The Hall–Kier alpha value is -1.90. The van der Waals surface area contributed by atoms with Crippen molar-refractivity contribution in [2.24, 2.45) is 0 Å². The van der Waals surface area contributed by atoms with E-state index in [1.807, 2.05) is 0 Å². The van der Waals surface area contributed by atoms with E-state index in [0.29, 0.717) is 5.56 Å². The van der Waals surface area contributed by atoms with E-state index in [2.05, 4.69) is 26.0 Å². The van der Waals surface area contributed by atoms with Gasteiger partial charge in [0.05, 0.1) is 11.0 Å². The van der Waals surface area contributed by atoms with Gasteiger partial charge < -0.3 is 10.4 Å². The first-order valence-electron chi connectivity index (χ1n) is 7.12. The van der Waals surface area contributed by atoms with Gasteiger partial charge in [-0.25, -0.2) is 8.42 Å². The SMILES string of the molecule is CC(O)CNC(=O)c1cccc(NS(=O)(=O)c2ccc(Br)cc2)c1. The van der Waals surface area contributed by atoms with Crippen LogP contribution in [0.15, 0.2) is 57.9 Å². The third-order valence-electron chi connectivity index (χ3n) is 3.06. The van der Waals surface area contributed by atoms with Crippen LogP contribution in [0.1, 0.15) is 17.3 Å². The maximum absolute atomic E-state index is 12.3. The number of benzene rings is 2. The van der Waals surface area contributed by atoms with Gasteiger partial charge in [-0.2, -0.15) is 0 Å². The van der Waals surface area contributed by atoms with E-state index in [-0.39, 0.29) is 23.0 Å². The number of halogens is 1. The fourth-order valence-electron chi connectivity index (χ4n) is 1.89. The molecule has 0 radical (unpaired) electrons. The van der Waals surface area contributed by atoms with E-state index in [0.717, 1.165) is 4.47 Å². The molecule has 8 heteroatoms. The van der Waals surface area contributed by atoms with Crippen LogP contribution < -0.4 is 10.0 Å². The smallest absolute Gasteiger partial charge is 0.261 e. The van der Waals surface area contributed by atoms with E-state index in [9.17, 15) is 18.3 Å². The van der Waals surface area contributed by atoms with Gasteiger partial charge in [0, 0.05) is 22.3 Å². The molecule has 2 aromatic rings. The summed E-state index contributed by atoms with van der Waals surface area (Å²) >= 11 is 3.25. The quantitative estimate of drug-likeness (QED) is 0.678.